The number of anilines is 1. The zero-order valence-electron chi connectivity index (χ0n) is 11.1. The normalized spacial score (nSPS) is 13.8. The van der Waals surface area contributed by atoms with Crippen LogP contribution in [0.4, 0.5) is 5.69 Å². The summed E-state index contributed by atoms with van der Waals surface area (Å²) in [6, 6.07) is 7.37. The van der Waals surface area contributed by atoms with E-state index in [0.717, 1.165) is 20.6 Å². The van der Waals surface area contributed by atoms with Gasteiger partial charge in [0.05, 0.1) is 15.1 Å². The van der Waals surface area contributed by atoms with Gasteiger partial charge in [0.15, 0.2) is 0 Å². The van der Waals surface area contributed by atoms with Crippen molar-refractivity contribution < 1.29 is 9.59 Å². The number of carbonyl (C=O) groups is 2. The molecule has 0 saturated carbocycles. The standard InChI is InChI=1S/C15H12BrNO2S/c1-8-5-12(20-15(8)16)14(19)9-3-4-11-10(6-9)7-13(18)17(11)2/h3-6H,7H2,1-2H3. The molecule has 2 aromatic rings. The summed E-state index contributed by atoms with van der Waals surface area (Å²) in [7, 11) is 1.76. The van der Waals surface area contributed by atoms with Crippen LogP contribution >= 0.6 is 27.3 Å². The summed E-state index contributed by atoms with van der Waals surface area (Å²) in [6.07, 6.45) is 0.375. The van der Waals surface area contributed by atoms with E-state index in [0.29, 0.717) is 16.9 Å². The maximum atomic E-state index is 12.5. The van der Waals surface area contributed by atoms with Gasteiger partial charge in [0.2, 0.25) is 11.7 Å². The van der Waals surface area contributed by atoms with Crippen LogP contribution in [-0.4, -0.2) is 18.7 Å². The largest absolute Gasteiger partial charge is 0.315 e. The second kappa shape index (κ2) is 4.82. The smallest absolute Gasteiger partial charge is 0.231 e. The number of aryl methyl sites for hydroxylation is 1. The minimum Gasteiger partial charge on any atom is -0.315 e. The Kier molecular flexibility index (Phi) is 3.26. The SMILES string of the molecule is Cc1cc(C(=O)c2ccc3c(c2)CC(=O)N3C)sc1Br. The lowest BCUT2D eigenvalue weighted by molar-refractivity contribution is -0.117. The van der Waals surface area contributed by atoms with E-state index in [1.54, 1.807) is 18.0 Å². The highest BCUT2D eigenvalue weighted by atomic mass is 79.9. The molecule has 0 unspecified atom stereocenters. The van der Waals surface area contributed by atoms with Crippen LogP contribution in [0.25, 0.3) is 0 Å². The van der Waals surface area contributed by atoms with E-state index in [1.807, 2.05) is 25.1 Å². The quantitative estimate of drug-likeness (QED) is 0.777. The molecule has 0 saturated heterocycles. The Morgan fingerprint density at radius 1 is 1.35 bits per heavy atom. The zero-order chi connectivity index (χ0) is 14.4. The van der Waals surface area contributed by atoms with E-state index >= 15 is 0 Å². The molecule has 5 heteroatoms. The van der Waals surface area contributed by atoms with Gasteiger partial charge < -0.3 is 4.90 Å². The number of carbonyl (C=O) groups excluding carboxylic acids is 2. The molecule has 1 aliphatic rings. The summed E-state index contributed by atoms with van der Waals surface area (Å²) in [6.45, 7) is 1.97. The number of hydrogen-bond donors (Lipinski definition) is 0. The molecular formula is C15H12BrNO2S. The molecule has 3 rings (SSSR count). The number of halogens is 1. The first-order valence-corrected chi connectivity index (χ1v) is 7.78. The van der Waals surface area contributed by atoms with Crippen LogP contribution in [0.5, 0.6) is 0 Å². The van der Waals surface area contributed by atoms with Crippen LogP contribution in [0.2, 0.25) is 0 Å². The number of fused-ring (bicyclic) bond motifs is 1. The summed E-state index contributed by atoms with van der Waals surface area (Å²) in [4.78, 5) is 26.5. The van der Waals surface area contributed by atoms with Gasteiger partial charge in [-0.25, -0.2) is 0 Å². The van der Waals surface area contributed by atoms with Gasteiger partial charge in [-0.3, -0.25) is 9.59 Å². The molecular weight excluding hydrogens is 338 g/mol. The average molecular weight is 350 g/mol. The molecule has 2 heterocycles. The first kappa shape index (κ1) is 13.5. The van der Waals surface area contributed by atoms with Crippen molar-refractivity contribution in [1.29, 1.82) is 0 Å². The van der Waals surface area contributed by atoms with Crippen LogP contribution in [0.15, 0.2) is 28.1 Å². The highest BCUT2D eigenvalue weighted by molar-refractivity contribution is 9.11. The first-order chi connectivity index (χ1) is 9.47. The monoisotopic (exact) mass is 349 g/mol. The van der Waals surface area contributed by atoms with Crippen LogP contribution in [0.1, 0.15) is 26.4 Å². The molecule has 1 aliphatic heterocycles. The Morgan fingerprint density at radius 3 is 2.75 bits per heavy atom. The Labute approximate surface area is 129 Å². The van der Waals surface area contributed by atoms with Crippen LogP contribution in [0, 0.1) is 6.92 Å². The van der Waals surface area contributed by atoms with Crippen molar-refractivity contribution >= 4 is 44.6 Å². The number of likely N-dealkylation sites (N-methyl/N-ethyl adjacent to an activating group) is 1. The van der Waals surface area contributed by atoms with Crippen molar-refractivity contribution in [2.45, 2.75) is 13.3 Å². The van der Waals surface area contributed by atoms with Crippen molar-refractivity contribution in [1.82, 2.24) is 0 Å². The predicted molar refractivity (Wildman–Crippen MR) is 83.7 cm³/mol. The van der Waals surface area contributed by atoms with Gasteiger partial charge in [0.25, 0.3) is 0 Å². The molecule has 0 aliphatic carbocycles. The maximum Gasteiger partial charge on any atom is 0.231 e. The number of thiophene rings is 1. The van der Waals surface area contributed by atoms with E-state index in [-0.39, 0.29) is 11.7 Å². The van der Waals surface area contributed by atoms with Crippen molar-refractivity contribution in [3.05, 3.63) is 49.6 Å². The highest BCUT2D eigenvalue weighted by Gasteiger charge is 2.25. The Morgan fingerprint density at radius 2 is 2.10 bits per heavy atom. The van der Waals surface area contributed by atoms with Crippen LogP contribution < -0.4 is 4.90 Å². The molecule has 102 valence electrons. The van der Waals surface area contributed by atoms with Gasteiger partial charge in [-0.2, -0.15) is 0 Å². The van der Waals surface area contributed by atoms with Gasteiger partial charge >= 0.3 is 0 Å². The van der Waals surface area contributed by atoms with Gasteiger partial charge in [-0.15, -0.1) is 11.3 Å². The van der Waals surface area contributed by atoms with Gasteiger partial charge in [0.1, 0.15) is 0 Å². The lowest BCUT2D eigenvalue weighted by Gasteiger charge is -2.09. The summed E-state index contributed by atoms with van der Waals surface area (Å²) < 4.78 is 0.983. The molecule has 3 nitrogen and oxygen atoms in total. The van der Waals surface area contributed by atoms with Crippen molar-refractivity contribution in [2.75, 3.05) is 11.9 Å². The molecule has 0 bridgehead atoms. The van der Waals surface area contributed by atoms with Gasteiger partial charge in [0, 0.05) is 18.3 Å². The fraction of sp³-hybridized carbons (Fsp3) is 0.200. The molecule has 0 atom stereocenters. The first-order valence-electron chi connectivity index (χ1n) is 6.17. The molecule has 1 aromatic carbocycles. The Balaban J connectivity index is 1.98. The summed E-state index contributed by atoms with van der Waals surface area (Å²) in [5.74, 6) is 0.0768. The van der Waals surface area contributed by atoms with Crippen molar-refractivity contribution in [3.8, 4) is 0 Å². The molecule has 0 radical (unpaired) electrons. The Bertz CT molecular complexity index is 716. The number of benzene rings is 1. The minimum absolute atomic E-state index is 0.00796. The molecule has 0 N–H and O–H groups in total. The fourth-order valence-corrected chi connectivity index (χ4v) is 3.82. The average Bonchev–Trinajstić information content (AvgIpc) is 2.90. The lowest BCUT2D eigenvalue weighted by Crippen LogP contribution is -2.20. The molecule has 20 heavy (non-hydrogen) atoms. The second-order valence-electron chi connectivity index (χ2n) is 4.87. The highest BCUT2D eigenvalue weighted by Crippen LogP contribution is 2.32. The van der Waals surface area contributed by atoms with Gasteiger partial charge in [-0.05, 0) is 58.2 Å². The third-order valence-electron chi connectivity index (χ3n) is 3.50. The molecule has 1 aromatic heterocycles. The number of amides is 1. The molecule has 1 amide bonds. The van der Waals surface area contributed by atoms with Crippen molar-refractivity contribution in [3.63, 3.8) is 0 Å². The number of nitrogens with zero attached hydrogens (tertiary/aromatic N) is 1. The number of rotatable bonds is 2. The zero-order valence-corrected chi connectivity index (χ0v) is 13.5. The van der Waals surface area contributed by atoms with E-state index in [9.17, 15) is 9.59 Å². The number of hydrogen-bond acceptors (Lipinski definition) is 3. The van der Waals surface area contributed by atoms with Gasteiger partial charge in [-0.1, -0.05) is 0 Å². The maximum absolute atomic E-state index is 12.5. The molecule has 0 fully saturated rings. The predicted octanol–water partition coefficient (Wildman–Crippen LogP) is 3.57. The van der Waals surface area contributed by atoms with E-state index in [1.165, 1.54) is 11.3 Å². The fourth-order valence-electron chi connectivity index (χ4n) is 2.33. The van der Waals surface area contributed by atoms with E-state index < -0.39 is 0 Å². The van der Waals surface area contributed by atoms with Crippen LogP contribution in [-0.2, 0) is 11.2 Å². The summed E-state index contributed by atoms with van der Waals surface area (Å²) in [5, 5.41) is 0. The summed E-state index contributed by atoms with van der Waals surface area (Å²) in [5.41, 5.74) is 3.53. The van der Waals surface area contributed by atoms with Crippen LogP contribution in [0.3, 0.4) is 0 Å². The minimum atomic E-state index is 0.00796. The third kappa shape index (κ3) is 2.11. The number of ketones is 1. The third-order valence-corrected chi connectivity index (χ3v) is 5.64. The lowest BCUT2D eigenvalue weighted by atomic mass is 10.0. The topological polar surface area (TPSA) is 37.4 Å². The summed E-state index contributed by atoms with van der Waals surface area (Å²) >= 11 is 4.88. The Hall–Kier alpha value is -1.46. The van der Waals surface area contributed by atoms with Crippen molar-refractivity contribution in [2.24, 2.45) is 0 Å². The van der Waals surface area contributed by atoms with E-state index in [4.69, 9.17) is 0 Å². The van der Waals surface area contributed by atoms with E-state index in [2.05, 4.69) is 15.9 Å². The molecule has 0 spiro atoms. The second-order valence-corrected chi connectivity index (χ2v) is 7.24.